The number of H-pyrrole nitrogens is 1. The van der Waals surface area contributed by atoms with E-state index in [0.717, 1.165) is 83.2 Å². The van der Waals surface area contributed by atoms with Crippen LogP contribution in [-0.2, 0) is 41.7 Å². The third kappa shape index (κ3) is 23.4. The van der Waals surface area contributed by atoms with Crippen molar-refractivity contribution in [3.63, 3.8) is 0 Å². The number of anilines is 5. The molecule has 3 unspecified atom stereocenters. The van der Waals surface area contributed by atoms with Gasteiger partial charge in [0.05, 0.1) is 38.3 Å². The Balaban J connectivity index is 0.000000258. The van der Waals surface area contributed by atoms with Crippen molar-refractivity contribution in [1.29, 1.82) is 0 Å². The Morgan fingerprint density at radius 2 is 0.818 bits per heavy atom. The van der Waals surface area contributed by atoms with Crippen molar-refractivity contribution in [1.82, 2.24) is 59.1 Å². The maximum Gasteiger partial charge on any atom is 0.327 e. The molecule has 5 aromatic carbocycles. The first kappa shape index (κ1) is 100.0. The van der Waals surface area contributed by atoms with Crippen molar-refractivity contribution in [2.24, 2.45) is 27.7 Å². The maximum absolute atomic E-state index is 15.7. The van der Waals surface area contributed by atoms with Crippen molar-refractivity contribution in [2.75, 3.05) is 130 Å². The maximum atomic E-state index is 15.7. The summed E-state index contributed by atoms with van der Waals surface area (Å²) >= 11 is 4.41. The molecule has 13 heterocycles. The number of aromatic amines is 1. The number of pyridine rings is 1. The van der Waals surface area contributed by atoms with Gasteiger partial charge in [-0.05, 0) is 161 Å². The van der Waals surface area contributed by atoms with Crippen LogP contribution in [0.4, 0.5) is 51.2 Å². The van der Waals surface area contributed by atoms with E-state index in [4.69, 9.17) is 11.5 Å². The number of aromatic nitrogens is 3. The fraction of sp³-hybridized carbons (Fsp3) is 0.573. The van der Waals surface area contributed by atoms with Crippen LogP contribution in [0.15, 0.2) is 126 Å². The van der Waals surface area contributed by atoms with Gasteiger partial charge in [-0.1, -0.05) is 135 Å². The van der Waals surface area contributed by atoms with Crippen LogP contribution in [0.3, 0.4) is 0 Å². The highest BCUT2D eigenvalue weighted by molar-refractivity contribution is 8.01. The van der Waals surface area contributed by atoms with Crippen molar-refractivity contribution >= 4 is 122 Å². The van der Waals surface area contributed by atoms with E-state index in [1.165, 1.54) is 53.5 Å². The van der Waals surface area contributed by atoms with Gasteiger partial charge in [-0.15, -0.1) is 35.3 Å². The number of halogens is 3. The van der Waals surface area contributed by atoms with E-state index in [1.807, 2.05) is 122 Å². The van der Waals surface area contributed by atoms with Crippen molar-refractivity contribution < 1.29 is 62.9 Å². The summed E-state index contributed by atoms with van der Waals surface area (Å²) in [5.74, 6) is -1.22. The Labute approximate surface area is 828 Å². The second kappa shape index (κ2) is 42.6. The first-order valence-corrected chi connectivity index (χ1v) is 52.1. The van der Waals surface area contributed by atoms with Crippen LogP contribution in [0.25, 0.3) is 11.2 Å². The summed E-state index contributed by atoms with van der Waals surface area (Å²) in [6.45, 7) is 33.4. The number of likely N-dealkylation sites (tertiary alicyclic amines) is 3. The highest BCUT2D eigenvalue weighted by Crippen LogP contribution is 2.53. The van der Waals surface area contributed by atoms with Gasteiger partial charge in [0.2, 0.25) is 35.4 Å². The number of rotatable bonds is 21. The largest absolute Gasteiger partial charge is 0.367 e. The fourth-order valence-corrected chi connectivity index (χ4v) is 25.8. The molecule has 0 radical (unpaired) electrons. The normalized spacial score (nSPS) is 24.5. The molecule has 754 valence electrons. The van der Waals surface area contributed by atoms with Crippen molar-refractivity contribution in [2.45, 2.75) is 253 Å². The average Bonchev–Trinajstić information content (AvgIpc) is 1.77. The van der Waals surface area contributed by atoms with E-state index in [-0.39, 0.29) is 176 Å². The second-order valence-corrected chi connectivity index (χ2v) is 46.6. The zero-order valence-electron chi connectivity index (χ0n) is 81.2. The second-order valence-electron chi connectivity index (χ2n) is 42.7. The Morgan fingerprint density at radius 1 is 0.438 bits per heavy atom. The molecule has 0 spiro atoms. The molecule has 7 aromatic rings. The van der Waals surface area contributed by atoms with Crippen LogP contribution in [-0.4, -0.2) is 258 Å². The zero-order chi connectivity index (χ0) is 97.2. The zero-order valence-corrected chi connectivity index (χ0v) is 83.6. The number of hydrogen-bond donors (Lipinski definition) is 6. The lowest BCUT2D eigenvalue weighted by Crippen LogP contribution is -2.54. The molecule has 9 fully saturated rings. The number of nitrogens with one attached hydrogen (secondary N) is 4. The molecule has 0 bridgehead atoms. The van der Waals surface area contributed by atoms with Crippen LogP contribution in [0.5, 0.6) is 0 Å². The number of imidazole rings is 1. The molecule has 28 nitrogen and oxygen atoms in total. The van der Waals surface area contributed by atoms with Gasteiger partial charge in [-0.2, -0.15) is 0 Å². The van der Waals surface area contributed by atoms with E-state index in [9.17, 15) is 43.2 Å². The number of piperazine rings is 1. The van der Waals surface area contributed by atoms with Gasteiger partial charge in [0.15, 0.2) is 5.65 Å². The number of hydrogen-bond acceptors (Lipinski definition) is 19. The average molecular weight is 1960 g/mol. The first-order valence-electron chi connectivity index (χ1n) is 49.3. The number of urea groups is 2. The monoisotopic (exact) mass is 1950 g/mol. The van der Waals surface area contributed by atoms with Gasteiger partial charge in [-0.25, -0.2) is 32.5 Å². The van der Waals surface area contributed by atoms with Gasteiger partial charge in [-0.3, -0.25) is 38.3 Å². The van der Waals surface area contributed by atoms with Crippen LogP contribution >= 0.6 is 35.3 Å². The molecule has 8 N–H and O–H groups in total. The highest BCUT2D eigenvalue weighted by Gasteiger charge is 2.50. The number of thioether (sulfide) groups is 3. The number of fused-ring (bicyclic) bond motifs is 3. The smallest absolute Gasteiger partial charge is 0.327 e. The summed E-state index contributed by atoms with van der Waals surface area (Å²) in [6, 6.07) is 35.1. The molecule has 2 aromatic heterocycles. The van der Waals surface area contributed by atoms with Crippen molar-refractivity contribution in [3.8, 4) is 0 Å². The molecular formula is C103H154F3N19O9S3. The van der Waals surface area contributed by atoms with E-state index in [0.29, 0.717) is 172 Å². The summed E-state index contributed by atoms with van der Waals surface area (Å²) in [5.41, 5.74) is 21.4. The molecular weight excluding hydrogens is 1800 g/mol. The first-order chi connectivity index (χ1) is 65.4. The number of nitrogens with two attached hydrogens (primary N) is 2. The minimum atomic E-state index is -0.547. The minimum absolute atomic E-state index is 0. The Morgan fingerprint density at radius 3 is 1.23 bits per heavy atom. The van der Waals surface area contributed by atoms with Crippen LogP contribution < -0.4 is 47.8 Å². The molecule has 0 aliphatic carbocycles. The van der Waals surface area contributed by atoms with Crippen LogP contribution in [0.1, 0.15) is 227 Å². The fourth-order valence-electron chi connectivity index (χ4n) is 21.3. The van der Waals surface area contributed by atoms with E-state index in [2.05, 4.69) is 113 Å². The molecule has 18 rings (SSSR count). The molecule has 11 aliphatic heterocycles. The van der Waals surface area contributed by atoms with E-state index >= 15 is 13.2 Å². The van der Waals surface area contributed by atoms with E-state index < -0.39 is 15.7 Å². The summed E-state index contributed by atoms with van der Waals surface area (Å²) in [5, 5.41) is 6.79. The molecule has 11 aliphatic rings. The molecule has 0 saturated carbocycles. The number of carbonyl (C=O) groups excluding carboxylic acids is 8. The SMILES string of the molecule is CC(C)(C)CCN1C(=O)[C@H](CC(=O)N2CCC(N3CCc4ccccc4NC3=O)CC2)SC1c1cccc(F)c1N1CCC(N)C1.CC(C)(C)CCN1C(=O)[C@H](CC(=O)N2CCC(N3Cc4ccccc4NC3=O)CC2)S[C@H]1c1cccc(F)c1N1CCC(N)C1.C[C@@H]1CN(c2c(F)cccc2[C@H]2S[C@@H](CC(=O)N3CCC(n4c(=O)[nH]c5ncccc54)CC3)C(=O)N2CCC(C)(C)C)C[C@H](C)N1.[HH].[HH].[HH].[HH].[HH].[HH].[HH].[HH]. The molecule has 9 saturated heterocycles. The predicted octanol–water partition coefficient (Wildman–Crippen LogP) is 17.0. The third-order valence-electron chi connectivity index (χ3n) is 28.8. The summed E-state index contributed by atoms with van der Waals surface area (Å²) in [6.07, 6.45) is 10.8. The number of carbonyl (C=O) groups is 8. The van der Waals surface area contributed by atoms with Crippen LogP contribution in [0.2, 0.25) is 0 Å². The lowest BCUT2D eigenvalue weighted by Gasteiger charge is -2.40. The lowest BCUT2D eigenvalue weighted by atomic mass is 9.92. The van der Waals surface area contributed by atoms with E-state index in [1.54, 1.807) is 29.0 Å². The number of piperidine rings is 3. The van der Waals surface area contributed by atoms with Gasteiger partial charge in [0.25, 0.3) is 0 Å². The van der Waals surface area contributed by atoms with Gasteiger partial charge >= 0.3 is 17.8 Å². The molecule has 34 heteroatoms. The predicted molar refractivity (Wildman–Crippen MR) is 555 cm³/mol. The Bertz CT molecular complexity index is 5640. The molecule has 10 amide bonds. The Kier molecular flexibility index (Phi) is 31.1. The molecule has 137 heavy (non-hydrogen) atoms. The third-order valence-corrected chi connectivity index (χ3v) is 33.2. The summed E-state index contributed by atoms with van der Waals surface area (Å²) < 4.78 is 48.3. The number of nitrogens with zero attached hydrogens (tertiary/aromatic N) is 13. The Hall–Kier alpha value is -10.0. The van der Waals surface area contributed by atoms with Gasteiger partial charge < -0.3 is 81.3 Å². The van der Waals surface area contributed by atoms with Gasteiger partial charge in [0.1, 0.15) is 33.6 Å². The van der Waals surface area contributed by atoms with Crippen molar-refractivity contribution in [3.05, 3.63) is 177 Å². The molecule has 10 atom stereocenters. The topological polar surface area (TPSA) is 311 Å². The minimum Gasteiger partial charge on any atom is -0.367 e. The number of amides is 10. The summed E-state index contributed by atoms with van der Waals surface area (Å²) in [4.78, 5) is 150. The quantitative estimate of drug-likeness (QED) is 0.0389. The number of benzene rings is 5. The van der Waals surface area contributed by atoms with Gasteiger partial charge in [0, 0.05) is 218 Å². The highest BCUT2D eigenvalue weighted by atomic mass is 32.2. The number of para-hydroxylation sites is 5. The van der Waals surface area contributed by atoms with Crippen LogP contribution in [0, 0.1) is 33.7 Å². The lowest BCUT2D eigenvalue weighted by molar-refractivity contribution is -0.137. The summed E-state index contributed by atoms with van der Waals surface area (Å²) in [7, 11) is 0. The standard InChI is InChI=1S/C35H47FN6O3S.C34H46FN7O3S.C34H45FN6O3S.8H2/c1-35(2,3)15-20-42-32(44)29(46-33(42)26-8-6-9-27(36)31(26)40-16-12-24(37)22-40)21-30(43)39-17-13-25(14-18-39)41-19-11-23-7-4-5-10-28(23)38-34(41)45;1-21-19-40(20-22(2)37-21)29-24(8-6-9-25(29)35)32-41(17-13-34(3,4)5)31(44)27(46-32)18-28(43)39-15-11-23(12-16-39)42-26-10-7-14-36-30(26)38-33(42)45;1-34(2,3)14-18-40-31(43)28(45-32(40)25-8-6-9-26(35)30(25)39-15-11-23(36)21-39)19-29(42)38-16-12-24(13-17-38)41-20-22-7-4-5-10-27(22)37-33(41)44;;;;;;;;/h4-10,24-25,29,33H,11-22,37H2,1-3H3,(H,38,45);6-10,14,21-23,27,32,37H,11-13,15-20H2,1-5H3,(H,36,38,45);4-10,23-24,28,32H,11-21,36H2,1-3H3,(H,37,44);8*1H/t24?,29-,33?;21-,22+,27-,32+;23?,28-,32-;;;;;;;;/m000......../s1.